The van der Waals surface area contributed by atoms with Gasteiger partial charge in [-0.2, -0.15) is 0 Å². The van der Waals surface area contributed by atoms with Crippen LogP contribution in [0.15, 0.2) is 48.5 Å². The molecule has 0 heterocycles. The van der Waals surface area contributed by atoms with Crippen LogP contribution >= 0.6 is 0 Å². The molecule has 0 spiro atoms. The number of carbonyl (C=O) groups is 2. The third-order valence-electron chi connectivity index (χ3n) is 2.90. The van der Waals surface area contributed by atoms with E-state index in [2.05, 4.69) is 10.2 Å². The molecule has 2 aromatic rings. The second-order valence-corrected chi connectivity index (χ2v) is 4.23. The highest BCUT2D eigenvalue weighted by Crippen LogP contribution is 2.21. The Morgan fingerprint density at radius 1 is 0.818 bits per heavy atom. The van der Waals surface area contributed by atoms with Gasteiger partial charge in [-0.05, 0) is 24.3 Å². The van der Waals surface area contributed by atoms with E-state index in [0.29, 0.717) is 11.3 Å². The Hall–Kier alpha value is -3.02. The van der Waals surface area contributed by atoms with Crippen LogP contribution in [0.1, 0.15) is 20.7 Å². The van der Waals surface area contributed by atoms with Crippen LogP contribution in [0.2, 0.25) is 0 Å². The first-order chi connectivity index (χ1) is 10.7. The molecule has 0 aliphatic carbocycles. The second-order valence-electron chi connectivity index (χ2n) is 4.23. The van der Waals surface area contributed by atoms with Crippen LogP contribution in [0.25, 0.3) is 0 Å². The Morgan fingerprint density at radius 3 is 2.05 bits per heavy atom. The molecule has 0 bridgehead atoms. The molecule has 1 N–H and O–H groups in total. The van der Waals surface area contributed by atoms with Crippen molar-refractivity contribution >= 4 is 17.6 Å². The SMILES string of the molecule is COC(=O)c1ccccc1NOc1ccccc1C(=O)OC. The molecule has 0 unspecified atom stereocenters. The van der Waals surface area contributed by atoms with Crippen molar-refractivity contribution in [2.75, 3.05) is 19.7 Å². The Morgan fingerprint density at radius 2 is 1.36 bits per heavy atom. The van der Waals surface area contributed by atoms with Crippen molar-refractivity contribution in [1.82, 2.24) is 0 Å². The number of benzene rings is 2. The van der Waals surface area contributed by atoms with E-state index in [1.54, 1.807) is 48.5 Å². The topological polar surface area (TPSA) is 73.9 Å². The van der Waals surface area contributed by atoms with Crippen molar-refractivity contribution in [2.24, 2.45) is 0 Å². The molecule has 114 valence electrons. The van der Waals surface area contributed by atoms with Crippen molar-refractivity contribution in [1.29, 1.82) is 0 Å². The summed E-state index contributed by atoms with van der Waals surface area (Å²) in [7, 11) is 2.59. The van der Waals surface area contributed by atoms with Gasteiger partial charge in [0.1, 0.15) is 5.56 Å². The van der Waals surface area contributed by atoms with Crippen molar-refractivity contribution in [3.05, 3.63) is 59.7 Å². The first-order valence-electron chi connectivity index (χ1n) is 6.45. The summed E-state index contributed by atoms with van der Waals surface area (Å²) in [6.45, 7) is 0. The summed E-state index contributed by atoms with van der Waals surface area (Å²) >= 11 is 0. The van der Waals surface area contributed by atoms with Crippen LogP contribution in [-0.2, 0) is 9.47 Å². The van der Waals surface area contributed by atoms with E-state index in [1.165, 1.54) is 14.2 Å². The van der Waals surface area contributed by atoms with Crippen molar-refractivity contribution in [2.45, 2.75) is 0 Å². The third-order valence-corrected chi connectivity index (χ3v) is 2.90. The largest absolute Gasteiger partial charge is 0.465 e. The van der Waals surface area contributed by atoms with Crippen molar-refractivity contribution < 1.29 is 23.9 Å². The van der Waals surface area contributed by atoms with Crippen molar-refractivity contribution in [3.8, 4) is 5.75 Å². The molecular weight excluding hydrogens is 286 g/mol. The van der Waals surface area contributed by atoms with E-state index in [4.69, 9.17) is 9.57 Å². The number of hydrogen-bond acceptors (Lipinski definition) is 6. The predicted octanol–water partition coefficient (Wildman–Crippen LogP) is 2.67. The Kier molecular flexibility index (Phi) is 4.98. The summed E-state index contributed by atoms with van der Waals surface area (Å²) in [5, 5.41) is 0. The van der Waals surface area contributed by atoms with Crippen LogP contribution in [0.5, 0.6) is 5.75 Å². The summed E-state index contributed by atoms with van der Waals surface area (Å²) in [5.41, 5.74) is 3.67. The molecule has 2 rings (SSSR count). The van der Waals surface area contributed by atoms with Gasteiger partial charge in [0.05, 0.1) is 25.5 Å². The maximum absolute atomic E-state index is 11.7. The molecule has 0 aromatic heterocycles. The highest BCUT2D eigenvalue weighted by Gasteiger charge is 2.15. The van der Waals surface area contributed by atoms with Crippen LogP contribution in [0, 0.1) is 0 Å². The minimum Gasteiger partial charge on any atom is -0.465 e. The monoisotopic (exact) mass is 301 g/mol. The van der Waals surface area contributed by atoms with Gasteiger partial charge in [0, 0.05) is 0 Å². The summed E-state index contributed by atoms with van der Waals surface area (Å²) < 4.78 is 9.39. The standard InChI is InChI=1S/C16H15NO5/c1-20-15(18)11-7-3-5-9-13(11)17-22-14-10-6-4-8-12(14)16(19)21-2/h3-10,17H,1-2H3. The maximum Gasteiger partial charge on any atom is 0.341 e. The van der Waals surface area contributed by atoms with Crippen LogP contribution in [-0.4, -0.2) is 26.2 Å². The quantitative estimate of drug-likeness (QED) is 0.676. The lowest BCUT2D eigenvalue weighted by molar-refractivity contribution is 0.0588. The van der Waals surface area contributed by atoms with Gasteiger partial charge in [0.15, 0.2) is 5.75 Å². The van der Waals surface area contributed by atoms with Gasteiger partial charge in [0.25, 0.3) is 0 Å². The number of para-hydroxylation sites is 2. The lowest BCUT2D eigenvalue weighted by Crippen LogP contribution is -2.13. The number of hydrogen-bond donors (Lipinski definition) is 1. The average Bonchev–Trinajstić information content (AvgIpc) is 2.59. The number of methoxy groups -OCH3 is 2. The molecule has 6 nitrogen and oxygen atoms in total. The molecule has 2 aromatic carbocycles. The number of carbonyl (C=O) groups excluding carboxylic acids is 2. The fourth-order valence-corrected chi connectivity index (χ4v) is 1.80. The van der Waals surface area contributed by atoms with Gasteiger partial charge in [-0.15, -0.1) is 0 Å². The smallest absolute Gasteiger partial charge is 0.341 e. The van der Waals surface area contributed by atoms with Gasteiger partial charge in [0.2, 0.25) is 0 Å². The van der Waals surface area contributed by atoms with Gasteiger partial charge < -0.3 is 14.3 Å². The lowest BCUT2D eigenvalue weighted by atomic mass is 10.2. The van der Waals surface area contributed by atoms with E-state index in [0.717, 1.165) is 0 Å². The molecule has 6 heteroatoms. The van der Waals surface area contributed by atoms with Crippen LogP contribution in [0.3, 0.4) is 0 Å². The Labute approximate surface area is 127 Å². The normalized spacial score (nSPS) is 9.73. The van der Waals surface area contributed by atoms with E-state index < -0.39 is 11.9 Å². The van der Waals surface area contributed by atoms with E-state index in [-0.39, 0.29) is 11.3 Å². The number of nitrogens with one attached hydrogen (secondary N) is 1. The molecule has 0 saturated heterocycles. The summed E-state index contributed by atoms with van der Waals surface area (Å²) in [6.07, 6.45) is 0. The molecule has 0 radical (unpaired) electrons. The molecule has 22 heavy (non-hydrogen) atoms. The third kappa shape index (κ3) is 3.35. The molecule has 0 aliphatic rings. The highest BCUT2D eigenvalue weighted by molar-refractivity contribution is 5.95. The molecule has 0 aliphatic heterocycles. The molecule has 0 fully saturated rings. The average molecular weight is 301 g/mol. The predicted molar refractivity (Wildman–Crippen MR) is 79.8 cm³/mol. The fourth-order valence-electron chi connectivity index (χ4n) is 1.80. The van der Waals surface area contributed by atoms with E-state index >= 15 is 0 Å². The first kappa shape index (κ1) is 15.4. The van der Waals surface area contributed by atoms with Gasteiger partial charge >= 0.3 is 11.9 Å². The molecule has 0 saturated carbocycles. The number of esters is 2. The minimum absolute atomic E-state index is 0.271. The Bertz CT molecular complexity index is 624. The fraction of sp³-hybridized carbons (Fsp3) is 0.125. The zero-order valence-electron chi connectivity index (χ0n) is 12.2. The molecular formula is C16H15NO5. The second kappa shape index (κ2) is 7.12. The lowest BCUT2D eigenvalue weighted by Gasteiger charge is -2.13. The zero-order valence-corrected chi connectivity index (χ0v) is 12.2. The van der Waals surface area contributed by atoms with Gasteiger partial charge in [-0.1, -0.05) is 24.3 Å². The number of anilines is 1. The highest BCUT2D eigenvalue weighted by atomic mass is 16.6. The summed E-state index contributed by atoms with van der Waals surface area (Å²) in [6, 6.07) is 13.3. The van der Waals surface area contributed by atoms with Gasteiger partial charge in [-0.3, -0.25) is 0 Å². The van der Waals surface area contributed by atoms with E-state index in [9.17, 15) is 9.59 Å². The summed E-state index contributed by atoms with van der Waals surface area (Å²) in [4.78, 5) is 28.8. The zero-order chi connectivity index (χ0) is 15.9. The maximum atomic E-state index is 11.7. The van der Waals surface area contributed by atoms with Crippen LogP contribution < -0.4 is 10.3 Å². The van der Waals surface area contributed by atoms with Crippen molar-refractivity contribution in [3.63, 3.8) is 0 Å². The Balaban J connectivity index is 2.21. The molecule has 0 amide bonds. The number of ether oxygens (including phenoxy) is 2. The van der Waals surface area contributed by atoms with E-state index in [1.807, 2.05) is 0 Å². The van der Waals surface area contributed by atoms with Crippen LogP contribution in [0.4, 0.5) is 5.69 Å². The molecule has 0 atom stereocenters. The summed E-state index contributed by atoms with van der Waals surface area (Å²) in [5.74, 6) is -0.722. The minimum atomic E-state index is -0.515. The number of rotatable bonds is 5. The first-order valence-corrected chi connectivity index (χ1v) is 6.45. The van der Waals surface area contributed by atoms with Gasteiger partial charge in [-0.25, -0.2) is 15.1 Å².